The highest BCUT2D eigenvalue weighted by Crippen LogP contribution is 2.22. The summed E-state index contributed by atoms with van der Waals surface area (Å²) in [6, 6.07) is -2.35. The predicted octanol–water partition coefficient (Wildman–Crippen LogP) is 1.74. The summed E-state index contributed by atoms with van der Waals surface area (Å²) in [6.45, 7) is 12.8. The molecular formula is C22H40N4O6. The number of esters is 1. The fourth-order valence-electron chi connectivity index (χ4n) is 3.60. The highest BCUT2D eigenvalue weighted by Gasteiger charge is 2.37. The normalized spacial score (nSPS) is 20.8. The van der Waals surface area contributed by atoms with Gasteiger partial charge in [-0.3, -0.25) is 19.4 Å². The van der Waals surface area contributed by atoms with Gasteiger partial charge in [-0.15, -0.1) is 0 Å². The zero-order chi connectivity index (χ0) is 24.6. The Labute approximate surface area is 191 Å². The van der Waals surface area contributed by atoms with Crippen molar-refractivity contribution in [2.75, 3.05) is 13.7 Å². The molecule has 1 heterocycles. The van der Waals surface area contributed by atoms with Crippen LogP contribution in [0.5, 0.6) is 0 Å². The van der Waals surface area contributed by atoms with Crippen LogP contribution in [0.2, 0.25) is 0 Å². The molecule has 3 N–H and O–H groups in total. The lowest BCUT2D eigenvalue weighted by atomic mass is 9.90. The van der Waals surface area contributed by atoms with Crippen molar-refractivity contribution >= 4 is 23.9 Å². The fourth-order valence-corrected chi connectivity index (χ4v) is 3.60. The second-order valence-electron chi connectivity index (χ2n) is 9.56. The lowest BCUT2D eigenvalue weighted by Gasteiger charge is -2.39. The van der Waals surface area contributed by atoms with Gasteiger partial charge in [-0.25, -0.2) is 10.2 Å². The van der Waals surface area contributed by atoms with Crippen LogP contribution in [-0.2, 0) is 23.9 Å². The van der Waals surface area contributed by atoms with E-state index in [0.717, 1.165) is 12.8 Å². The van der Waals surface area contributed by atoms with Gasteiger partial charge in [0.25, 0.3) is 5.91 Å². The number of rotatable bonds is 8. The van der Waals surface area contributed by atoms with Gasteiger partial charge in [-0.05, 0) is 52.4 Å². The minimum absolute atomic E-state index is 0.0738. The zero-order valence-electron chi connectivity index (χ0n) is 20.6. The summed E-state index contributed by atoms with van der Waals surface area (Å²) in [5, 5.41) is 6.60. The van der Waals surface area contributed by atoms with E-state index in [1.165, 1.54) is 12.1 Å². The molecule has 4 unspecified atom stereocenters. The van der Waals surface area contributed by atoms with Gasteiger partial charge in [-0.2, -0.15) is 0 Å². The molecule has 1 fully saturated rings. The average Bonchev–Trinajstić information content (AvgIpc) is 2.69. The number of nitrogens with zero attached hydrogens (tertiary/aromatic N) is 1. The highest BCUT2D eigenvalue weighted by molar-refractivity contribution is 5.91. The number of hydrogen-bond acceptors (Lipinski definition) is 7. The number of alkyl carbamates (subject to hydrolysis) is 1. The van der Waals surface area contributed by atoms with Crippen molar-refractivity contribution in [2.45, 2.75) is 91.5 Å². The number of ether oxygens (including phenoxy) is 2. The summed E-state index contributed by atoms with van der Waals surface area (Å²) in [5.74, 6) is -1.43. The highest BCUT2D eigenvalue weighted by atomic mass is 16.6. The largest absolute Gasteiger partial charge is 0.468 e. The van der Waals surface area contributed by atoms with Crippen LogP contribution in [0.1, 0.15) is 67.7 Å². The molecule has 4 atom stereocenters. The van der Waals surface area contributed by atoms with Gasteiger partial charge in [0.2, 0.25) is 5.91 Å². The summed E-state index contributed by atoms with van der Waals surface area (Å²) >= 11 is 0. The van der Waals surface area contributed by atoms with Gasteiger partial charge in [-0.1, -0.05) is 27.2 Å². The number of amides is 3. The second kappa shape index (κ2) is 12.0. The first-order valence-corrected chi connectivity index (χ1v) is 11.3. The van der Waals surface area contributed by atoms with E-state index in [1.807, 2.05) is 6.92 Å². The minimum Gasteiger partial charge on any atom is -0.468 e. The van der Waals surface area contributed by atoms with Crippen LogP contribution in [-0.4, -0.2) is 66.3 Å². The Bertz CT molecular complexity index is 676. The molecule has 0 bridgehead atoms. The van der Waals surface area contributed by atoms with Crippen molar-refractivity contribution in [3.8, 4) is 0 Å². The number of hydrogen-bond donors (Lipinski definition) is 3. The lowest BCUT2D eigenvalue weighted by molar-refractivity contribution is -0.153. The van der Waals surface area contributed by atoms with Crippen LogP contribution in [0.4, 0.5) is 4.79 Å². The third-order valence-corrected chi connectivity index (χ3v) is 5.22. The Morgan fingerprint density at radius 3 is 2.25 bits per heavy atom. The number of nitrogens with one attached hydrogen (secondary N) is 3. The van der Waals surface area contributed by atoms with Crippen LogP contribution in [0.15, 0.2) is 0 Å². The van der Waals surface area contributed by atoms with E-state index in [0.29, 0.717) is 13.0 Å². The summed E-state index contributed by atoms with van der Waals surface area (Å²) in [6.07, 6.45) is 1.71. The number of hydrazine groups is 1. The first-order chi connectivity index (χ1) is 14.8. The van der Waals surface area contributed by atoms with E-state index in [9.17, 15) is 19.2 Å². The Hall–Kier alpha value is -2.36. The first kappa shape index (κ1) is 27.7. The topological polar surface area (TPSA) is 126 Å². The molecule has 1 aliphatic rings. The molecule has 0 aromatic carbocycles. The Morgan fingerprint density at radius 2 is 1.75 bits per heavy atom. The maximum absolute atomic E-state index is 12.9. The second-order valence-corrected chi connectivity index (χ2v) is 9.56. The molecule has 0 radical (unpaired) electrons. The quantitative estimate of drug-likeness (QED) is 0.475. The zero-order valence-corrected chi connectivity index (χ0v) is 20.6. The van der Waals surface area contributed by atoms with Gasteiger partial charge in [0.15, 0.2) is 0 Å². The molecule has 0 aliphatic carbocycles. The molecule has 0 aromatic rings. The fraction of sp³-hybridized carbons (Fsp3) is 0.818. The van der Waals surface area contributed by atoms with Gasteiger partial charge < -0.3 is 20.1 Å². The molecule has 1 saturated heterocycles. The number of carbonyl (C=O) groups excluding carboxylic acids is 4. The van der Waals surface area contributed by atoms with Crippen molar-refractivity contribution in [2.24, 2.45) is 11.8 Å². The lowest BCUT2D eigenvalue weighted by Crippen LogP contribution is -2.63. The van der Waals surface area contributed by atoms with Crippen LogP contribution in [0.25, 0.3) is 0 Å². The molecule has 32 heavy (non-hydrogen) atoms. The summed E-state index contributed by atoms with van der Waals surface area (Å²) in [5.41, 5.74) is 2.27. The van der Waals surface area contributed by atoms with Crippen molar-refractivity contribution in [3.05, 3.63) is 0 Å². The van der Waals surface area contributed by atoms with E-state index >= 15 is 0 Å². The standard InChI is InChI=1S/C22H40N4O6/c1-9-10-15-11-12-26(25-17(15)20(29)31-8)19(28)14(4)23-18(27)16(13(2)3)24-21(30)32-22(5,6)7/h13-17,25H,9-12H2,1-8H3,(H,23,27)(H,24,30). The van der Waals surface area contributed by atoms with Gasteiger partial charge >= 0.3 is 12.1 Å². The van der Waals surface area contributed by atoms with Gasteiger partial charge in [0, 0.05) is 6.54 Å². The van der Waals surface area contributed by atoms with E-state index in [2.05, 4.69) is 16.1 Å². The molecule has 10 heteroatoms. The maximum Gasteiger partial charge on any atom is 0.408 e. The number of carbonyl (C=O) groups is 4. The Kier molecular flexibility index (Phi) is 10.4. The third kappa shape index (κ3) is 8.29. The molecule has 10 nitrogen and oxygen atoms in total. The minimum atomic E-state index is -0.869. The van der Waals surface area contributed by atoms with Crippen LogP contribution < -0.4 is 16.1 Å². The van der Waals surface area contributed by atoms with Crippen LogP contribution in [0, 0.1) is 11.8 Å². The summed E-state index contributed by atoms with van der Waals surface area (Å²) < 4.78 is 10.1. The Balaban J connectivity index is 2.79. The summed E-state index contributed by atoms with van der Waals surface area (Å²) in [7, 11) is 1.32. The van der Waals surface area contributed by atoms with Crippen LogP contribution in [0.3, 0.4) is 0 Å². The monoisotopic (exact) mass is 456 g/mol. The summed E-state index contributed by atoms with van der Waals surface area (Å²) in [4.78, 5) is 50.0. The van der Waals surface area contributed by atoms with E-state index in [-0.39, 0.29) is 17.7 Å². The molecule has 0 aromatic heterocycles. The molecule has 0 spiro atoms. The molecule has 3 amide bonds. The molecular weight excluding hydrogens is 416 g/mol. The maximum atomic E-state index is 12.9. The smallest absolute Gasteiger partial charge is 0.408 e. The van der Waals surface area contributed by atoms with E-state index in [4.69, 9.17) is 9.47 Å². The SMILES string of the molecule is CCCC1CCN(C(=O)C(C)NC(=O)C(NC(=O)OC(C)(C)C)C(C)C)NC1C(=O)OC. The van der Waals surface area contributed by atoms with E-state index < -0.39 is 41.7 Å². The van der Waals surface area contributed by atoms with E-state index in [1.54, 1.807) is 41.5 Å². The Morgan fingerprint density at radius 1 is 1.12 bits per heavy atom. The molecule has 0 saturated carbocycles. The van der Waals surface area contributed by atoms with Crippen molar-refractivity contribution < 1.29 is 28.7 Å². The number of methoxy groups -OCH3 is 1. The van der Waals surface area contributed by atoms with Gasteiger partial charge in [0.1, 0.15) is 23.7 Å². The first-order valence-electron chi connectivity index (χ1n) is 11.3. The van der Waals surface area contributed by atoms with Crippen molar-refractivity contribution in [3.63, 3.8) is 0 Å². The molecule has 1 aliphatic heterocycles. The van der Waals surface area contributed by atoms with Crippen LogP contribution >= 0.6 is 0 Å². The van der Waals surface area contributed by atoms with Crippen molar-refractivity contribution in [1.29, 1.82) is 0 Å². The molecule has 1 rings (SSSR count). The van der Waals surface area contributed by atoms with Gasteiger partial charge in [0.05, 0.1) is 7.11 Å². The third-order valence-electron chi connectivity index (χ3n) is 5.22. The van der Waals surface area contributed by atoms with Crippen molar-refractivity contribution in [1.82, 2.24) is 21.1 Å². The molecule has 184 valence electrons. The predicted molar refractivity (Wildman–Crippen MR) is 119 cm³/mol. The average molecular weight is 457 g/mol.